The van der Waals surface area contributed by atoms with Crippen LogP contribution in [0.4, 0.5) is 0 Å². The van der Waals surface area contributed by atoms with Crippen molar-refractivity contribution in [2.45, 2.75) is 13.0 Å². The van der Waals surface area contributed by atoms with Gasteiger partial charge in [0, 0.05) is 0 Å². The van der Waals surface area contributed by atoms with E-state index in [1.165, 1.54) is 11.2 Å². The zero-order valence-corrected chi connectivity index (χ0v) is 10.6. The van der Waals surface area contributed by atoms with Gasteiger partial charge in [-0.25, -0.2) is 0 Å². The van der Waals surface area contributed by atoms with E-state index < -0.39 is 5.97 Å². The minimum atomic E-state index is -1.03. The predicted molar refractivity (Wildman–Crippen MR) is 68.2 cm³/mol. The van der Waals surface area contributed by atoms with E-state index in [-0.39, 0.29) is 31.6 Å². The molecule has 1 atom stereocenters. The second-order valence-electron chi connectivity index (χ2n) is 4.05. The Labute approximate surface area is 111 Å². The molecule has 19 heavy (non-hydrogen) atoms. The van der Waals surface area contributed by atoms with E-state index in [9.17, 15) is 9.59 Å². The molecular weight excluding hydrogens is 248 g/mol. The summed E-state index contributed by atoms with van der Waals surface area (Å²) in [5.74, 6) is 1.63. The zero-order valence-electron chi connectivity index (χ0n) is 10.6. The molecule has 0 aromatic carbocycles. The molecule has 0 bridgehead atoms. The highest BCUT2D eigenvalue weighted by molar-refractivity contribution is 5.79. The van der Waals surface area contributed by atoms with Crippen LogP contribution in [0.2, 0.25) is 0 Å². The minimum Gasteiger partial charge on any atom is -0.480 e. The van der Waals surface area contributed by atoms with E-state index in [1.807, 2.05) is 0 Å². The van der Waals surface area contributed by atoms with Crippen LogP contribution >= 0.6 is 0 Å². The molecule has 0 aliphatic heterocycles. The molecule has 0 aliphatic carbocycles. The lowest BCUT2D eigenvalue weighted by molar-refractivity contribution is -0.138. The Bertz CT molecular complexity index is 461. The van der Waals surface area contributed by atoms with Crippen LogP contribution in [0.25, 0.3) is 0 Å². The van der Waals surface area contributed by atoms with Gasteiger partial charge < -0.3 is 14.8 Å². The molecule has 1 aromatic rings. The van der Waals surface area contributed by atoms with Gasteiger partial charge in [-0.05, 0) is 19.1 Å². The quantitative estimate of drug-likeness (QED) is 0.700. The van der Waals surface area contributed by atoms with Crippen LogP contribution in [0.1, 0.15) is 18.7 Å². The van der Waals surface area contributed by atoms with Crippen molar-refractivity contribution in [1.82, 2.24) is 10.2 Å². The van der Waals surface area contributed by atoms with Crippen molar-refractivity contribution in [2.24, 2.45) is 0 Å². The first kappa shape index (κ1) is 14.8. The van der Waals surface area contributed by atoms with Crippen molar-refractivity contribution in [2.75, 3.05) is 19.6 Å². The van der Waals surface area contributed by atoms with Gasteiger partial charge in [0.25, 0.3) is 0 Å². The van der Waals surface area contributed by atoms with Gasteiger partial charge in [0.15, 0.2) is 0 Å². The minimum absolute atomic E-state index is 0.0679. The first-order valence-electron chi connectivity index (χ1n) is 5.73. The number of amides is 1. The molecule has 1 heterocycles. The van der Waals surface area contributed by atoms with Crippen LogP contribution in [0, 0.1) is 12.3 Å². The van der Waals surface area contributed by atoms with Gasteiger partial charge in [-0.3, -0.25) is 14.5 Å². The molecule has 1 aromatic heterocycles. The fourth-order valence-electron chi connectivity index (χ4n) is 1.59. The van der Waals surface area contributed by atoms with Crippen LogP contribution in [0.3, 0.4) is 0 Å². The summed E-state index contributed by atoms with van der Waals surface area (Å²) in [4.78, 5) is 23.7. The SMILES string of the molecule is C#CCN(CC(=O)O)CC(=O)NC(C)c1ccco1. The lowest BCUT2D eigenvalue weighted by Crippen LogP contribution is -2.40. The molecule has 1 amide bonds. The van der Waals surface area contributed by atoms with Crippen LogP contribution in [0.5, 0.6) is 0 Å². The zero-order chi connectivity index (χ0) is 14.3. The molecule has 0 saturated heterocycles. The van der Waals surface area contributed by atoms with E-state index in [1.54, 1.807) is 19.1 Å². The maximum atomic E-state index is 11.8. The Kier molecular flexibility index (Phi) is 5.64. The highest BCUT2D eigenvalue weighted by atomic mass is 16.4. The summed E-state index contributed by atoms with van der Waals surface area (Å²) in [7, 11) is 0. The first-order valence-corrected chi connectivity index (χ1v) is 5.73. The first-order chi connectivity index (χ1) is 9.02. The number of furan rings is 1. The maximum absolute atomic E-state index is 11.8. The largest absolute Gasteiger partial charge is 0.480 e. The standard InChI is InChI=1S/C13H16N2O4/c1-3-6-15(9-13(17)18)8-12(16)14-10(2)11-5-4-7-19-11/h1,4-5,7,10H,6,8-9H2,2H3,(H,14,16)(H,17,18). The molecule has 0 saturated carbocycles. The van der Waals surface area contributed by atoms with Crippen LogP contribution in [-0.4, -0.2) is 41.5 Å². The lowest BCUT2D eigenvalue weighted by atomic mass is 10.2. The summed E-state index contributed by atoms with van der Waals surface area (Å²) < 4.78 is 5.16. The average Bonchev–Trinajstić information content (AvgIpc) is 2.81. The molecule has 6 heteroatoms. The van der Waals surface area contributed by atoms with Gasteiger partial charge in [-0.15, -0.1) is 6.42 Å². The number of carbonyl (C=O) groups is 2. The van der Waals surface area contributed by atoms with Gasteiger partial charge in [0.2, 0.25) is 5.91 Å². The molecule has 0 fully saturated rings. The van der Waals surface area contributed by atoms with Gasteiger partial charge in [-0.2, -0.15) is 0 Å². The summed E-state index contributed by atoms with van der Waals surface area (Å²) in [6.07, 6.45) is 6.65. The number of nitrogens with zero attached hydrogens (tertiary/aromatic N) is 1. The van der Waals surface area contributed by atoms with E-state index in [2.05, 4.69) is 11.2 Å². The number of hydrogen-bond donors (Lipinski definition) is 2. The highest BCUT2D eigenvalue weighted by Crippen LogP contribution is 2.11. The van der Waals surface area contributed by atoms with E-state index >= 15 is 0 Å². The Balaban J connectivity index is 2.48. The average molecular weight is 264 g/mol. The number of carboxylic acids is 1. The third-order valence-electron chi connectivity index (χ3n) is 2.39. The van der Waals surface area contributed by atoms with Crippen molar-refractivity contribution >= 4 is 11.9 Å². The summed E-state index contributed by atoms with van der Waals surface area (Å²) >= 11 is 0. The Hall–Kier alpha value is -2.26. The van der Waals surface area contributed by atoms with Crippen molar-refractivity contribution in [3.05, 3.63) is 24.2 Å². The fourth-order valence-corrected chi connectivity index (χ4v) is 1.59. The maximum Gasteiger partial charge on any atom is 0.317 e. The van der Waals surface area contributed by atoms with Gasteiger partial charge >= 0.3 is 5.97 Å². The molecule has 0 spiro atoms. The molecule has 6 nitrogen and oxygen atoms in total. The van der Waals surface area contributed by atoms with Gasteiger partial charge in [0.1, 0.15) is 5.76 Å². The monoisotopic (exact) mass is 264 g/mol. The van der Waals surface area contributed by atoms with Gasteiger partial charge in [-0.1, -0.05) is 5.92 Å². The van der Waals surface area contributed by atoms with Crippen molar-refractivity contribution < 1.29 is 19.1 Å². The molecule has 102 valence electrons. The smallest absolute Gasteiger partial charge is 0.317 e. The number of rotatable bonds is 7. The van der Waals surface area contributed by atoms with Crippen LogP contribution < -0.4 is 5.32 Å². The Morgan fingerprint density at radius 1 is 1.58 bits per heavy atom. The lowest BCUT2D eigenvalue weighted by Gasteiger charge is -2.18. The molecule has 0 aliphatic rings. The third kappa shape index (κ3) is 5.27. The molecule has 2 N–H and O–H groups in total. The van der Waals surface area contributed by atoms with E-state index in [4.69, 9.17) is 15.9 Å². The molecular formula is C13H16N2O4. The summed E-state index contributed by atoms with van der Waals surface area (Å²) in [6.45, 7) is 1.54. The number of nitrogens with one attached hydrogen (secondary N) is 1. The second-order valence-corrected chi connectivity index (χ2v) is 4.05. The molecule has 1 rings (SSSR count). The molecule has 0 radical (unpaired) electrons. The summed E-state index contributed by atoms with van der Waals surface area (Å²) in [5.41, 5.74) is 0. The molecule has 1 unspecified atom stereocenters. The van der Waals surface area contributed by atoms with E-state index in [0.717, 1.165) is 0 Å². The number of hydrogen-bond acceptors (Lipinski definition) is 4. The normalized spacial score (nSPS) is 11.8. The third-order valence-corrected chi connectivity index (χ3v) is 2.39. The van der Waals surface area contributed by atoms with Crippen LogP contribution in [-0.2, 0) is 9.59 Å². The number of aliphatic carboxylic acids is 1. The van der Waals surface area contributed by atoms with Crippen molar-refractivity contribution in [3.63, 3.8) is 0 Å². The number of carboxylic acid groups (broad SMARTS) is 1. The number of terminal acetylenes is 1. The summed E-state index contributed by atoms with van der Waals surface area (Å²) in [6, 6.07) is 3.20. The van der Waals surface area contributed by atoms with Crippen molar-refractivity contribution in [3.8, 4) is 12.3 Å². The highest BCUT2D eigenvalue weighted by Gasteiger charge is 2.16. The number of carbonyl (C=O) groups excluding carboxylic acids is 1. The predicted octanol–water partition coefficient (Wildman–Crippen LogP) is 0.477. The second kappa shape index (κ2) is 7.24. The van der Waals surface area contributed by atoms with Crippen molar-refractivity contribution in [1.29, 1.82) is 0 Å². The van der Waals surface area contributed by atoms with E-state index in [0.29, 0.717) is 5.76 Å². The van der Waals surface area contributed by atoms with Crippen LogP contribution in [0.15, 0.2) is 22.8 Å². The topological polar surface area (TPSA) is 82.8 Å². The fraction of sp³-hybridized carbons (Fsp3) is 0.385. The Morgan fingerprint density at radius 2 is 2.32 bits per heavy atom. The van der Waals surface area contributed by atoms with Gasteiger partial charge in [0.05, 0.1) is 31.9 Å². The Morgan fingerprint density at radius 3 is 2.84 bits per heavy atom. The summed E-state index contributed by atoms with van der Waals surface area (Å²) in [5, 5.41) is 11.4.